The number of hydrogen-bond donors (Lipinski definition) is 1. The highest BCUT2D eigenvalue weighted by molar-refractivity contribution is 5.93. The molecule has 0 aliphatic heterocycles. The number of rotatable bonds is 4. The van der Waals surface area contributed by atoms with Crippen molar-refractivity contribution in [1.29, 1.82) is 0 Å². The monoisotopic (exact) mass is 256 g/mol. The van der Waals surface area contributed by atoms with Crippen LogP contribution in [0.25, 0.3) is 0 Å². The van der Waals surface area contributed by atoms with Gasteiger partial charge in [-0.25, -0.2) is 0 Å². The van der Waals surface area contributed by atoms with Crippen molar-refractivity contribution in [3.63, 3.8) is 0 Å². The van der Waals surface area contributed by atoms with E-state index in [-0.39, 0.29) is 18.3 Å². The molecule has 0 saturated carbocycles. The Morgan fingerprint density at radius 1 is 1.29 bits per heavy atom. The maximum absolute atomic E-state index is 11.7. The Morgan fingerprint density at radius 3 is 2.29 bits per heavy atom. The largest absolute Gasteiger partial charge is 0.324 e. The second-order valence-corrected chi connectivity index (χ2v) is 4.15. The van der Waals surface area contributed by atoms with Crippen LogP contribution in [-0.4, -0.2) is 30.9 Å². The maximum atomic E-state index is 11.7. The van der Waals surface area contributed by atoms with Gasteiger partial charge in [0, 0.05) is 5.69 Å². The number of anilines is 1. The molecule has 0 bridgehead atoms. The van der Waals surface area contributed by atoms with Crippen LogP contribution in [0, 0.1) is 13.8 Å². The molecular weight excluding hydrogens is 236 g/mol. The molecule has 0 aliphatic carbocycles. The Labute approximate surface area is 110 Å². The molecule has 0 aromatic heterocycles. The van der Waals surface area contributed by atoms with E-state index < -0.39 is 0 Å². The fourth-order valence-electron chi connectivity index (χ4n) is 1.55. The van der Waals surface area contributed by atoms with Crippen molar-refractivity contribution in [1.82, 2.24) is 4.90 Å². The predicted molar refractivity (Wildman–Crippen MR) is 75.0 cm³/mol. The van der Waals surface area contributed by atoms with Gasteiger partial charge in [0.2, 0.25) is 5.91 Å². The van der Waals surface area contributed by atoms with Crippen molar-refractivity contribution in [3.05, 3.63) is 29.3 Å². The first-order chi connectivity index (χ1) is 7.54. The number of hydrogen-bond acceptors (Lipinski definition) is 2. The Morgan fingerprint density at radius 2 is 1.82 bits per heavy atom. The number of benzene rings is 1. The number of amides is 1. The quantitative estimate of drug-likeness (QED) is 0.898. The maximum Gasteiger partial charge on any atom is 0.238 e. The van der Waals surface area contributed by atoms with Crippen molar-refractivity contribution in [2.45, 2.75) is 20.8 Å². The lowest BCUT2D eigenvalue weighted by molar-refractivity contribution is -0.117. The summed E-state index contributed by atoms with van der Waals surface area (Å²) in [5.74, 6) is 0.0433. The summed E-state index contributed by atoms with van der Waals surface area (Å²) in [5, 5.41) is 2.96. The van der Waals surface area contributed by atoms with E-state index in [0.29, 0.717) is 6.54 Å². The van der Waals surface area contributed by atoms with Crippen LogP contribution < -0.4 is 5.32 Å². The molecular formula is C13H21ClN2O. The second kappa shape index (κ2) is 7.30. The van der Waals surface area contributed by atoms with Crippen LogP contribution in [-0.2, 0) is 4.79 Å². The minimum absolute atomic E-state index is 0. The zero-order valence-corrected chi connectivity index (χ0v) is 11.7. The van der Waals surface area contributed by atoms with Gasteiger partial charge in [0.05, 0.1) is 6.54 Å². The summed E-state index contributed by atoms with van der Waals surface area (Å²) in [6, 6.07) is 6.01. The first kappa shape index (κ1) is 15.9. The third kappa shape index (κ3) is 4.75. The normalized spacial score (nSPS) is 9.94. The van der Waals surface area contributed by atoms with Gasteiger partial charge >= 0.3 is 0 Å². The van der Waals surface area contributed by atoms with E-state index in [9.17, 15) is 4.79 Å². The van der Waals surface area contributed by atoms with Crippen molar-refractivity contribution >= 4 is 24.0 Å². The van der Waals surface area contributed by atoms with E-state index in [1.54, 1.807) is 0 Å². The third-order valence-electron chi connectivity index (χ3n) is 2.70. The molecule has 0 saturated heterocycles. The predicted octanol–water partition coefficient (Wildman–Crippen LogP) is 2.62. The highest BCUT2D eigenvalue weighted by Crippen LogP contribution is 2.19. The van der Waals surface area contributed by atoms with Crippen molar-refractivity contribution in [2.24, 2.45) is 0 Å². The summed E-state index contributed by atoms with van der Waals surface area (Å²) in [6.07, 6.45) is 0. The molecule has 1 N–H and O–H groups in total. The van der Waals surface area contributed by atoms with Crippen LogP contribution in [0.2, 0.25) is 0 Å². The topological polar surface area (TPSA) is 32.3 Å². The molecule has 1 rings (SSSR count). The standard InChI is InChI=1S/C13H20N2O.ClH/c1-5-15(4)9-12(16)14-13-10(2)7-6-8-11(13)3;/h6-8H,5,9H2,1-4H3,(H,14,16);1H. The molecule has 1 aromatic carbocycles. The molecule has 0 aliphatic rings. The van der Waals surface area contributed by atoms with E-state index in [4.69, 9.17) is 0 Å². The van der Waals surface area contributed by atoms with Gasteiger partial charge in [-0.05, 0) is 38.6 Å². The summed E-state index contributed by atoms with van der Waals surface area (Å²) in [5.41, 5.74) is 3.15. The molecule has 3 nitrogen and oxygen atoms in total. The van der Waals surface area contributed by atoms with Gasteiger partial charge < -0.3 is 5.32 Å². The lowest BCUT2D eigenvalue weighted by atomic mass is 10.1. The SMILES string of the molecule is CCN(C)CC(=O)Nc1c(C)cccc1C.Cl. The summed E-state index contributed by atoms with van der Waals surface area (Å²) in [4.78, 5) is 13.7. The van der Waals surface area contributed by atoms with Gasteiger partial charge in [-0.15, -0.1) is 12.4 Å². The van der Waals surface area contributed by atoms with Crippen molar-refractivity contribution in [2.75, 3.05) is 25.5 Å². The molecule has 17 heavy (non-hydrogen) atoms. The van der Waals surface area contributed by atoms with Crippen LogP contribution in [0.4, 0.5) is 5.69 Å². The van der Waals surface area contributed by atoms with Gasteiger partial charge in [-0.2, -0.15) is 0 Å². The lowest BCUT2D eigenvalue weighted by Crippen LogP contribution is -2.30. The molecule has 0 unspecified atom stereocenters. The number of nitrogens with zero attached hydrogens (tertiary/aromatic N) is 1. The van der Waals surface area contributed by atoms with Crippen LogP contribution in [0.15, 0.2) is 18.2 Å². The Kier molecular flexibility index (Phi) is 6.85. The minimum atomic E-state index is 0. The van der Waals surface area contributed by atoms with Crippen LogP contribution in [0.3, 0.4) is 0 Å². The Balaban J connectivity index is 0.00000256. The van der Waals surface area contributed by atoms with Gasteiger partial charge in [0.25, 0.3) is 0 Å². The number of halogens is 1. The highest BCUT2D eigenvalue weighted by atomic mass is 35.5. The Bertz CT molecular complexity index is 359. The molecule has 0 spiro atoms. The molecule has 0 fully saturated rings. The smallest absolute Gasteiger partial charge is 0.238 e. The highest BCUT2D eigenvalue weighted by Gasteiger charge is 2.08. The number of carbonyl (C=O) groups excluding carboxylic acids is 1. The van der Waals surface area contributed by atoms with Gasteiger partial charge in [0.15, 0.2) is 0 Å². The van der Waals surface area contributed by atoms with E-state index >= 15 is 0 Å². The van der Waals surface area contributed by atoms with Gasteiger partial charge in [0.1, 0.15) is 0 Å². The first-order valence-corrected chi connectivity index (χ1v) is 5.59. The van der Waals surface area contributed by atoms with E-state index in [0.717, 1.165) is 23.4 Å². The van der Waals surface area contributed by atoms with Crippen LogP contribution >= 0.6 is 12.4 Å². The average Bonchev–Trinajstić information content (AvgIpc) is 2.23. The summed E-state index contributed by atoms with van der Waals surface area (Å²) in [7, 11) is 1.93. The molecule has 1 aromatic rings. The van der Waals surface area contributed by atoms with Crippen LogP contribution in [0.5, 0.6) is 0 Å². The minimum Gasteiger partial charge on any atom is -0.324 e. The molecule has 1 amide bonds. The molecule has 0 radical (unpaired) electrons. The first-order valence-electron chi connectivity index (χ1n) is 5.59. The number of likely N-dealkylation sites (N-methyl/N-ethyl adjacent to an activating group) is 1. The Hall–Kier alpha value is -1.06. The summed E-state index contributed by atoms with van der Waals surface area (Å²) in [6.45, 7) is 7.36. The second-order valence-electron chi connectivity index (χ2n) is 4.15. The summed E-state index contributed by atoms with van der Waals surface area (Å²) < 4.78 is 0. The molecule has 0 atom stereocenters. The number of carbonyl (C=O) groups is 1. The summed E-state index contributed by atoms with van der Waals surface area (Å²) >= 11 is 0. The number of aryl methyl sites for hydroxylation is 2. The molecule has 4 heteroatoms. The number of nitrogens with one attached hydrogen (secondary N) is 1. The van der Waals surface area contributed by atoms with Crippen molar-refractivity contribution < 1.29 is 4.79 Å². The zero-order chi connectivity index (χ0) is 12.1. The third-order valence-corrected chi connectivity index (χ3v) is 2.70. The zero-order valence-electron chi connectivity index (χ0n) is 10.9. The molecule has 0 heterocycles. The van der Waals surface area contributed by atoms with E-state index in [1.807, 2.05) is 50.9 Å². The van der Waals surface area contributed by atoms with Crippen molar-refractivity contribution in [3.8, 4) is 0 Å². The fourth-order valence-corrected chi connectivity index (χ4v) is 1.55. The average molecular weight is 257 g/mol. The van der Waals surface area contributed by atoms with Gasteiger partial charge in [-0.3, -0.25) is 9.69 Å². The van der Waals surface area contributed by atoms with Gasteiger partial charge in [-0.1, -0.05) is 25.1 Å². The number of para-hydroxylation sites is 1. The van der Waals surface area contributed by atoms with E-state index in [2.05, 4.69) is 5.32 Å². The molecule has 96 valence electrons. The fraction of sp³-hybridized carbons (Fsp3) is 0.462. The van der Waals surface area contributed by atoms with E-state index in [1.165, 1.54) is 0 Å². The van der Waals surface area contributed by atoms with Crippen LogP contribution in [0.1, 0.15) is 18.1 Å². The lowest BCUT2D eigenvalue weighted by Gasteiger charge is -2.15.